The number of hydrogen-bond donors (Lipinski definition) is 1. The molecule has 1 aliphatic carbocycles. The van der Waals surface area contributed by atoms with Gasteiger partial charge in [-0.2, -0.15) is 0 Å². The van der Waals surface area contributed by atoms with Crippen LogP contribution in [0.2, 0.25) is 5.02 Å². The van der Waals surface area contributed by atoms with Gasteiger partial charge in [-0.05, 0) is 37.7 Å². The van der Waals surface area contributed by atoms with Crippen molar-refractivity contribution < 1.29 is 14.3 Å². The van der Waals surface area contributed by atoms with E-state index in [1.807, 2.05) is 6.26 Å². The number of aryl methyl sites for hydroxylation is 1. The minimum Gasteiger partial charge on any atom is -0.486 e. The number of ether oxygens (including phenoxy) is 2. The molecule has 1 aromatic heterocycles. The van der Waals surface area contributed by atoms with Gasteiger partial charge >= 0.3 is 0 Å². The molecule has 0 radical (unpaired) electrons. The monoisotopic (exact) mass is 436 g/mol. The third kappa shape index (κ3) is 4.48. The second-order valence-corrected chi connectivity index (χ2v) is 8.43. The van der Waals surface area contributed by atoms with Gasteiger partial charge in [-0.15, -0.1) is 10.2 Å². The lowest BCUT2D eigenvalue weighted by Crippen LogP contribution is -2.25. The van der Waals surface area contributed by atoms with Crippen molar-refractivity contribution in [3.05, 3.63) is 28.5 Å². The van der Waals surface area contributed by atoms with Gasteiger partial charge in [0.15, 0.2) is 16.7 Å². The van der Waals surface area contributed by atoms with Crippen molar-refractivity contribution in [2.75, 3.05) is 26.0 Å². The number of carbonyl (C=O) groups excluding carboxylic acids is 1. The van der Waals surface area contributed by atoms with Gasteiger partial charge in [-0.3, -0.25) is 4.79 Å². The van der Waals surface area contributed by atoms with Gasteiger partial charge in [-0.25, -0.2) is 0 Å². The number of amides is 1. The zero-order chi connectivity index (χ0) is 20.2. The summed E-state index contributed by atoms with van der Waals surface area (Å²) in [6, 6.07) is 3.81. The van der Waals surface area contributed by atoms with Crippen molar-refractivity contribution in [3.8, 4) is 11.5 Å². The van der Waals surface area contributed by atoms with Crippen LogP contribution in [-0.4, -0.2) is 46.7 Å². The predicted octanol–water partition coefficient (Wildman–Crippen LogP) is 3.90. The Hall–Kier alpha value is -1.93. The number of halogens is 1. The first-order valence-electron chi connectivity index (χ1n) is 10.0. The van der Waals surface area contributed by atoms with Crippen LogP contribution in [0.5, 0.6) is 11.5 Å². The molecule has 0 atom stereocenters. The topological polar surface area (TPSA) is 78.3 Å². The number of carbonyl (C=O) groups is 1. The van der Waals surface area contributed by atoms with Crippen molar-refractivity contribution in [1.82, 2.24) is 20.1 Å². The summed E-state index contributed by atoms with van der Waals surface area (Å²) in [6.07, 6.45) is 8.54. The molecule has 0 spiro atoms. The number of benzene rings is 1. The van der Waals surface area contributed by atoms with E-state index in [1.54, 1.807) is 23.9 Å². The Bertz CT molecular complexity index is 883. The number of thioether (sulfide) groups is 1. The highest BCUT2D eigenvalue weighted by Gasteiger charge is 2.23. The Kier molecular flexibility index (Phi) is 6.50. The molecule has 4 rings (SSSR count). The summed E-state index contributed by atoms with van der Waals surface area (Å²) in [5.74, 6) is 1.86. The average Bonchev–Trinajstić information content (AvgIpc) is 3.40. The number of fused-ring (bicyclic) bond motifs is 1. The maximum Gasteiger partial charge on any atom is 0.251 e. The molecule has 1 saturated carbocycles. The third-order valence-corrected chi connectivity index (χ3v) is 6.25. The fraction of sp³-hybridized carbons (Fsp3) is 0.550. The largest absolute Gasteiger partial charge is 0.486 e. The predicted molar refractivity (Wildman–Crippen MR) is 112 cm³/mol. The number of nitrogens with one attached hydrogen (secondary N) is 1. The highest BCUT2D eigenvalue weighted by atomic mass is 35.5. The van der Waals surface area contributed by atoms with Gasteiger partial charge < -0.3 is 19.4 Å². The van der Waals surface area contributed by atoms with Crippen molar-refractivity contribution in [2.45, 2.75) is 49.7 Å². The van der Waals surface area contributed by atoms with Gasteiger partial charge in [-0.1, -0.05) is 36.2 Å². The Morgan fingerprint density at radius 1 is 1.28 bits per heavy atom. The zero-order valence-corrected chi connectivity index (χ0v) is 18.0. The highest BCUT2D eigenvalue weighted by molar-refractivity contribution is 7.98. The molecule has 2 aliphatic rings. The van der Waals surface area contributed by atoms with E-state index in [4.69, 9.17) is 21.1 Å². The van der Waals surface area contributed by atoms with Crippen molar-refractivity contribution >= 4 is 29.3 Å². The standard InChI is InChI=1S/C20H25ClN4O3S/c1-29-20-24-23-17(25(20)14-5-2-3-6-14)7-4-8-22-19(26)13-11-15(21)18-16(12-13)27-9-10-28-18/h11-12,14H,2-10H2,1H3,(H,22,26). The van der Waals surface area contributed by atoms with E-state index in [2.05, 4.69) is 20.1 Å². The molecule has 1 aliphatic heterocycles. The van der Waals surface area contributed by atoms with Gasteiger partial charge in [0.2, 0.25) is 0 Å². The molecule has 2 heterocycles. The smallest absolute Gasteiger partial charge is 0.251 e. The van der Waals surface area contributed by atoms with Crippen LogP contribution in [0.15, 0.2) is 17.3 Å². The van der Waals surface area contributed by atoms with Crippen LogP contribution in [-0.2, 0) is 6.42 Å². The van der Waals surface area contributed by atoms with Crippen LogP contribution in [0, 0.1) is 0 Å². The molecule has 1 amide bonds. The van der Waals surface area contributed by atoms with Crippen molar-refractivity contribution in [1.29, 1.82) is 0 Å². The van der Waals surface area contributed by atoms with E-state index in [9.17, 15) is 4.79 Å². The van der Waals surface area contributed by atoms with Crippen molar-refractivity contribution in [3.63, 3.8) is 0 Å². The lowest BCUT2D eigenvalue weighted by atomic mass is 10.1. The molecule has 1 fully saturated rings. The Labute approximate surface area is 179 Å². The van der Waals surface area contributed by atoms with Crippen LogP contribution < -0.4 is 14.8 Å². The average molecular weight is 437 g/mol. The van der Waals surface area contributed by atoms with Crippen LogP contribution in [0.25, 0.3) is 0 Å². The fourth-order valence-corrected chi connectivity index (χ4v) is 4.78. The summed E-state index contributed by atoms with van der Waals surface area (Å²) >= 11 is 7.87. The summed E-state index contributed by atoms with van der Waals surface area (Å²) in [6.45, 7) is 1.47. The normalized spacial score (nSPS) is 16.2. The molecule has 29 heavy (non-hydrogen) atoms. The molecule has 2 aromatic rings. The Balaban J connectivity index is 1.34. The van der Waals surface area contributed by atoms with E-state index in [0.29, 0.717) is 47.9 Å². The number of nitrogens with zero attached hydrogens (tertiary/aromatic N) is 3. The minimum atomic E-state index is -0.175. The molecule has 7 nitrogen and oxygen atoms in total. The molecule has 1 aromatic carbocycles. The van der Waals surface area contributed by atoms with Gasteiger partial charge in [0.25, 0.3) is 5.91 Å². The molecule has 0 bridgehead atoms. The summed E-state index contributed by atoms with van der Waals surface area (Å²) < 4.78 is 13.3. The van der Waals surface area contributed by atoms with Crippen LogP contribution >= 0.6 is 23.4 Å². The first-order chi connectivity index (χ1) is 14.2. The van der Waals surface area contributed by atoms with Gasteiger partial charge in [0.05, 0.1) is 5.02 Å². The quantitative estimate of drug-likeness (QED) is 0.523. The first-order valence-corrected chi connectivity index (χ1v) is 11.6. The van der Waals surface area contributed by atoms with E-state index < -0.39 is 0 Å². The summed E-state index contributed by atoms with van der Waals surface area (Å²) in [7, 11) is 0. The maximum absolute atomic E-state index is 12.5. The molecular formula is C20H25ClN4O3S. The second-order valence-electron chi connectivity index (χ2n) is 7.25. The van der Waals surface area contributed by atoms with Crippen molar-refractivity contribution in [2.24, 2.45) is 0 Å². The molecule has 0 saturated heterocycles. The summed E-state index contributed by atoms with van der Waals surface area (Å²) in [5, 5.41) is 13.1. The second kappa shape index (κ2) is 9.26. The molecule has 156 valence electrons. The third-order valence-electron chi connectivity index (χ3n) is 5.33. The van der Waals surface area contributed by atoms with Gasteiger partial charge in [0.1, 0.15) is 19.0 Å². The number of hydrogen-bond acceptors (Lipinski definition) is 6. The Morgan fingerprint density at radius 3 is 2.86 bits per heavy atom. The summed E-state index contributed by atoms with van der Waals surface area (Å²) in [4.78, 5) is 12.5. The molecule has 1 N–H and O–H groups in total. The highest BCUT2D eigenvalue weighted by Crippen LogP contribution is 2.38. The van der Waals surface area contributed by atoms with E-state index >= 15 is 0 Å². The van der Waals surface area contributed by atoms with E-state index in [0.717, 1.165) is 23.8 Å². The first kappa shape index (κ1) is 20.3. The number of rotatable bonds is 7. The van der Waals surface area contributed by atoms with E-state index in [-0.39, 0.29) is 5.91 Å². The van der Waals surface area contributed by atoms with Gasteiger partial charge in [0, 0.05) is 24.6 Å². The maximum atomic E-state index is 12.5. The van der Waals surface area contributed by atoms with E-state index in [1.165, 1.54) is 25.7 Å². The SMILES string of the molecule is CSc1nnc(CCCNC(=O)c2cc(Cl)c3c(c2)OCCO3)n1C1CCCC1. The lowest BCUT2D eigenvalue weighted by Gasteiger charge is -2.20. The lowest BCUT2D eigenvalue weighted by molar-refractivity contribution is 0.0952. The fourth-order valence-electron chi connectivity index (χ4n) is 3.94. The van der Waals surface area contributed by atoms with Crippen LogP contribution in [0.1, 0.15) is 54.3 Å². The van der Waals surface area contributed by atoms with Crippen LogP contribution in [0.4, 0.5) is 0 Å². The zero-order valence-electron chi connectivity index (χ0n) is 16.4. The van der Waals surface area contributed by atoms with Crippen LogP contribution in [0.3, 0.4) is 0 Å². The molecular weight excluding hydrogens is 412 g/mol. The minimum absolute atomic E-state index is 0.175. The summed E-state index contributed by atoms with van der Waals surface area (Å²) in [5.41, 5.74) is 0.470. The Morgan fingerprint density at radius 2 is 2.07 bits per heavy atom. The number of aromatic nitrogens is 3. The molecule has 0 unspecified atom stereocenters. The molecule has 9 heteroatoms.